The summed E-state index contributed by atoms with van der Waals surface area (Å²) in [5.74, 6) is 2.31. The number of fused-ring (bicyclic) bond motifs is 1. The molecule has 3 fully saturated rings. The Bertz CT molecular complexity index is 154. The molecule has 0 aromatic carbocycles. The van der Waals surface area contributed by atoms with E-state index >= 15 is 0 Å². The minimum absolute atomic E-state index is 1.16. The molecule has 0 spiro atoms. The Morgan fingerprint density at radius 3 is 0.714 bits per heavy atom. The molecule has 0 saturated heterocycles. The molecule has 0 radical (unpaired) electrons. The summed E-state index contributed by atoms with van der Waals surface area (Å²) in [6.07, 6.45) is 25.9. The standard InChI is InChI=1S/C10H18.C9H18.C2H6/c1-2-6-10-8-4-3-7-9(10)5-1;1-2-4-6-8-9-7-5-3-1;1-2/h9-10H,1-8H2;1-9H2;1-2H3. The number of hydrogen-bond acceptors (Lipinski definition) is 0. The molecule has 3 rings (SSSR count). The summed E-state index contributed by atoms with van der Waals surface area (Å²) in [7, 11) is 0. The summed E-state index contributed by atoms with van der Waals surface area (Å²) in [4.78, 5) is 0. The van der Waals surface area contributed by atoms with Crippen molar-refractivity contribution in [1.29, 1.82) is 0 Å². The van der Waals surface area contributed by atoms with Crippen molar-refractivity contribution in [2.24, 2.45) is 11.8 Å². The van der Waals surface area contributed by atoms with E-state index in [4.69, 9.17) is 0 Å². The maximum atomic E-state index is 2.00. The molecule has 0 heterocycles. The van der Waals surface area contributed by atoms with E-state index in [2.05, 4.69) is 0 Å². The summed E-state index contributed by atoms with van der Waals surface area (Å²) < 4.78 is 0. The lowest BCUT2D eigenvalue weighted by Crippen LogP contribution is -2.22. The van der Waals surface area contributed by atoms with Gasteiger partial charge < -0.3 is 0 Å². The van der Waals surface area contributed by atoms with Crippen LogP contribution in [0.4, 0.5) is 0 Å². The van der Waals surface area contributed by atoms with Crippen molar-refractivity contribution in [3.8, 4) is 0 Å². The topological polar surface area (TPSA) is 0 Å². The first kappa shape index (κ1) is 19.0. The largest absolute Gasteiger partial charge is 0.0683 e. The average molecular weight is 295 g/mol. The van der Waals surface area contributed by atoms with Crippen LogP contribution >= 0.6 is 0 Å². The van der Waals surface area contributed by atoms with Crippen LogP contribution in [0.5, 0.6) is 0 Å². The first-order chi connectivity index (χ1) is 10.5. The van der Waals surface area contributed by atoms with Crippen molar-refractivity contribution < 1.29 is 0 Å². The smallest absolute Gasteiger partial charge is 0.0386 e. The number of hydrogen-bond donors (Lipinski definition) is 0. The van der Waals surface area contributed by atoms with E-state index in [9.17, 15) is 0 Å². The quantitative estimate of drug-likeness (QED) is 0.426. The molecule has 0 aromatic heterocycles. The molecule has 0 aliphatic heterocycles. The zero-order valence-corrected chi connectivity index (χ0v) is 15.2. The minimum atomic E-state index is 1.16. The molecule has 3 aliphatic carbocycles. The van der Waals surface area contributed by atoms with Crippen LogP contribution in [0.25, 0.3) is 0 Å². The maximum absolute atomic E-state index is 2.00. The van der Waals surface area contributed by atoms with E-state index in [-0.39, 0.29) is 0 Å². The minimum Gasteiger partial charge on any atom is -0.0683 e. The van der Waals surface area contributed by atoms with Crippen molar-refractivity contribution in [3.05, 3.63) is 0 Å². The van der Waals surface area contributed by atoms with Crippen molar-refractivity contribution in [3.63, 3.8) is 0 Å². The Labute approximate surface area is 135 Å². The fraction of sp³-hybridized carbons (Fsp3) is 1.00. The Morgan fingerprint density at radius 2 is 0.524 bits per heavy atom. The van der Waals surface area contributed by atoms with Gasteiger partial charge in [-0.3, -0.25) is 0 Å². The molecule has 0 atom stereocenters. The Kier molecular flexibility index (Phi) is 12.4. The van der Waals surface area contributed by atoms with Crippen LogP contribution in [0.15, 0.2) is 0 Å². The highest BCUT2D eigenvalue weighted by molar-refractivity contribution is 4.78. The van der Waals surface area contributed by atoms with Gasteiger partial charge in [0.15, 0.2) is 0 Å². The fourth-order valence-electron chi connectivity index (χ4n) is 4.45. The Balaban J connectivity index is 0.000000189. The Hall–Kier alpha value is 0. The van der Waals surface area contributed by atoms with Crippen LogP contribution in [0.2, 0.25) is 0 Å². The van der Waals surface area contributed by atoms with Gasteiger partial charge >= 0.3 is 0 Å². The van der Waals surface area contributed by atoms with Crippen LogP contribution in [0.1, 0.15) is 123 Å². The van der Waals surface area contributed by atoms with E-state index in [0.717, 1.165) is 11.8 Å². The predicted molar refractivity (Wildman–Crippen MR) is 96.8 cm³/mol. The SMILES string of the molecule is C1CCC2CCCCC2C1.C1CCCCCCCC1.CC. The third kappa shape index (κ3) is 8.89. The summed E-state index contributed by atoms with van der Waals surface area (Å²) in [5, 5.41) is 0. The normalized spacial score (nSPS) is 30.0. The number of rotatable bonds is 0. The van der Waals surface area contributed by atoms with Gasteiger partial charge in [0.25, 0.3) is 0 Å². The highest BCUT2D eigenvalue weighted by Gasteiger charge is 2.26. The van der Waals surface area contributed by atoms with Crippen LogP contribution in [0.3, 0.4) is 0 Å². The molecule has 0 aromatic rings. The second-order valence-corrected chi connectivity index (χ2v) is 7.27. The molecule has 3 aliphatic rings. The van der Waals surface area contributed by atoms with Crippen molar-refractivity contribution in [2.75, 3.05) is 0 Å². The van der Waals surface area contributed by atoms with E-state index in [1.54, 1.807) is 25.7 Å². The van der Waals surface area contributed by atoms with Crippen molar-refractivity contribution in [1.82, 2.24) is 0 Å². The molecular weight excluding hydrogens is 252 g/mol. The highest BCUT2D eigenvalue weighted by atomic mass is 14.3. The summed E-state index contributed by atoms with van der Waals surface area (Å²) in [5.41, 5.74) is 0. The third-order valence-corrected chi connectivity index (χ3v) is 5.72. The van der Waals surface area contributed by atoms with Gasteiger partial charge in [0.2, 0.25) is 0 Å². The monoisotopic (exact) mass is 294 g/mol. The molecule has 3 saturated carbocycles. The van der Waals surface area contributed by atoms with Crippen LogP contribution in [-0.2, 0) is 0 Å². The zero-order valence-electron chi connectivity index (χ0n) is 15.2. The fourth-order valence-corrected chi connectivity index (χ4v) is 4.45. The third-order valence-electron chi connectivity index (χ3n) is 5.72. The predicted octanol–water partition coefficient (Wildman–Crippen LogP) is 7.90. The lowest BCUT2D eigenvalue weighted by atomic mass is 9.71. The highest BCUT2D eigenvalue weighted by Crippen LogP contribution is 2.39. The maximum Gasteiger partial charge on any atom is -0.0386 e. The lowest BCUT2D eigenvalue weighted by Gasteiger charge is -2.35. The van der Waals surface area contributed by atoms with Crippen LogP contribution < -0.4 is 0 Å². The van der Waals surface area contributed by atoms with E-state index in [0.29, 0.717) is 0 Å². The Morgan fingerprint density at radius 1 is 0.333 bits per heavy atom. The summed E-state index contributed by atoms with van der Waals surface area (Å²) >= 11 is 0. The van der Waals surface area contributed by atoms with Gasteiger partial charge in [0.05, 0.1) is 0 Å². The van der Waals surface area contributed by atoms with Crippen molar-refractivity contribution >= 4 is 0 Å². The average Bonchev–Trinajstić information content (AvgIpc) is 2.73. The van der Waals surface area contributed by atoms with Gasteiger partial charge in [-0.15, -0.1) is 0 Å². The molecule has 21 heavy (non-hydrogen) atoms. The van der Waals surface area contributed by atoms with Gasteiger partial charge in [0, 0.05) is 0 Å². The van der Waals surface area contributed by atoms with Crippen molar-refractivity contribution in [2.45, 2.75) is 123 Å². The molecule has 0 unspecified atom stereocenters. The van der Waals surface area contributed by atoms with Gasteiger partial charge in [0.1, 0.15) is 0 Å². The van der Waals surface area contributed by atoms with Gasteiger partial charge in [-0.1, -0.05) is 123 Å². The van der Waals surface area contributed by atoms with Gasteiger partial charge in [-0.05, 0) is 11.8 Å². The van der Waals surface area contributed by atoms with Crippen LogP contribution in [-0.4, -0.2) is 0 Å². The molecule has 0 heteroatoms. The first-order valence-corrected chi connectivity index (χ1v) is 10.5. The van der Waals surface area contributed by atoms with E-state index in [1.165, 1.54) is 83.5 Å². The van der Waals surface area contributed by atoms with Crippen LogP contribution in [0, 0.1) is 11.8 Å². The van der Waals surface area contributed by atoms with E-state index in [1.807, 2.05) is 13.8 Å². The molecular formula is C21H42. The summed E-state index contributed by atoms with van der Waals surface area (Å²) in [6.45, 7) is 4.00. The van der Waals surface area contributed by atoms with Gasteiger partial charge in [-0.2, -0.15) is 0 Å². The first-order valence-electron chi connectivity index (χ1n) is 10.5. The summed E-state index contributed by atoms with van der Waals surface area (Å²) in [6, 6.07) is 0. The molecule has 126 valence electrons. The molecule has 0 bridgehead atoms. The molecule has 0 N–H and O–H groups in total. The zero-order chi connectivity index (χ0) is 15.2. The van der Waals surface area contributed by atoms with Gasteiger partial charge in [-0.25, -0.2) is 0 Å². The molecule has 0 nitrogen and oxygen atoms in total. The second kappa shape index (κ2) is 13.6. The van der Waals surface area contributed by atoms with E-state index < -0.39 is 0 Å². The second-order valence-electron chi connectivity index (χ2n) is 7.27. The molecule has 0 amide bonds. The lowest BCUT2D eigenvalue weighted by molar-refractivity contribution is 0.171.